The number of benzene rings is 1. The monoisotopic (exact) mass is 378 g/mol. The first-order valence-electron chi connectivity index (χ1n) is 5.89. The normalized spacial score (nSPS) is 14.7. The van der Waals surface area contributed by atoms with Gasteiger partial charge in [0.15, 0.2) is 0 Å². The van der Waals surface area contributed by atoms with Crippen LogP contribution in [-0.2, 0) is 19.1 Å². The molecule has 0 radical (unpaired) electrons. The van der Waals surface area contributed by atoms with Crippen molar-refractivity contribution in [3.63, 3.8) is 0 Å². The van der Waals surface area contributed by atoms with E-state index in [0.717, 1.165) is 46.3 Å². The summed E-state index contributed by atoms with van der Waals surface area (Å²) in [4.78, 5) is 0. The van der Waals surface area contributed by atoms with Crippen LogP contribution in [0.1, 0.15) is 17.7 Å². The Balaban J connectivity index is 1.99. The van der Waals surface area contributed by atoms with Crippen LogP contribution in [-0.4, -0.2) is 9.78 Å². The highest BCUT2D eigenvalue weighted by atomic mass is 127. The van der Waals surface area contributed by atoms with Crippen LogP contribution in [0.15, 0.2) is 24.3 Å². The van der Waals surface area contributed by atoms with Crippen LogP contribution in [0.2, 0.25) is 0 Å². The average molecular weight is 378 g/mol. The van der Waals surface area contributed by atoms with E-state index in [0.29, 0.717) is 0 Å². The minimum absolute atomic E-state index is 0.627. The highest BCUT2D eigenvalue weighted by molar-refractivity contribution is 14.1. The summed E-state index contributed by atoms with van der Waals surface area (Å²) >= 11 is 2.22. The van der Waals surface area contributed by atoms with E-state index in [1.54, 1.807) is 0 Å². The Morgan fingerprint density at radius 1 is 1.16 bits per heavy atom. The topological polar surface area (TPSA) is 17.8 Å². The first-order valence-corrected chi connectivity index (χ1v) is 6.97. The minimum atomic E-state index is -4.29. The largest absolute Gasteiger partial charge is 0.416 e. The molecular weight excluding hydrogens is 368 g/mol. The maximum atomic E-state index is 12.5. The number of aromatic nitrogens is 2. The number of hydrogen-bond donors (Lipinski definition) is 0. The van der Waals surface area contributed by atoms with E-state index in [1.807, 2.05) is 4.68 Å². The second kappa shape index (κ2) is 4.50. The van der Waals surface area contributed by atoms with Gasteiger partial charge >= 0.3 is 6.18 Å². The van der Waals surface area contributed by atoms with E-state index < -0.39 is 11.7 Å². The molecule has 0 saturated heterocycles. The Kier molecular flexibility index (Phi) is 3.07. The van der Waals surface area contributed by atoms with Gasteiger partial charge in [0.1, 0.15) is 5.69 Å². The molecule has 0 aliphatic carbocycles. The summed E-state index contributed by atoms with van der Waals surface area (Å²) < 4.78 is 40.5. The maximum Gasteiger partial charge on any atom is 0.416 e. The van der Waals surface area contributed by atoms with Crippen LogP contribution in [0.4, 0.5) is 13.2 Å². The number of rotatable bonds is 1. The second-order valence-electron chi connectivity index (χ2n) is 4.51. The van der Waals surface area contributed by atoms with Gasteiger partial charge in [-0.05, 0) is 47.6 Å². The van der Waals surface area contributed by atoms with Crippen LogP contribution in [0, 0.1) is 3.57 Å². The molecule has 6 heteroatoms. The molecule has 0 spiro atoms. The van der Waals surface area contributed by atoms with Gasteiger partial charge in [-0.15, -0.1) is 0 Å². The minimum Gasteiger partial charge on any atom is -0.268 e. The van der Waals surface area contributed by atoms with Gasteiger partial charge in [0, 0.05) is 12.1 Å². The Morgan fingerprint density at radius 3 is 2.42 bits per heavy atom. The van der Waals surface area contributed by atoms with Crippen molar-refractivity contribution < 1.29 is 13.2 Å². The average Bonchev–Trinajstić information content (AvgIpc) is 2.92. The third-order valence-corrected chi connectivity index (χ3v) is 4.40. The lowest BCUT2D eigenvalue weighted by Gasteiger charge is -2.06. The molecule has 0 fully saturated rings. The maximum absolute atomic E-state index is 12.5. The Hall–Kier alpha value is -1.05. The molecule has 19 heavy (non-hydrogen) atoms. The first-order chi connectivity index (χ1) is 8.97. The smallest absolute Gasteiger partial charge is 0.268 e. The molecule has 2 aromatic rings. The summed E-state index contributed by atoms with van der Waals surface area (Å²) in [6, 6.07) is 5.19. The molecule has 0 amide bonds. The van der Waals surface area contributed by atoms with Gasteiger partial charge < -0.3 is 0 Å². The molecule has 0 atom stereocenters. The van der Waals surface area contributed by atoms with Crippen molar-refractivity contribution in [2.45, 2.75) is 25.6 Å². The molecule has 0 N–H and O–H groups in total. The number of nitrogens with zero attached hydrogens (tertiary/aromatic N) is 2. The fraction of sp³-hybridized carbons (Fsp3) is 0.308. The Morgan fingerprint density at radius 2 is 1.84 bits per heavy atom. The molecular formula is C13H10F3IN2. The van der Waals surface area contributed by atoms with E-state index in [9.17, 15) is 13.2 Å². The highest BCUT2D eigenvalue weighted by Crippen LogP contribution is 2.33. The quantitative estimate of drug-likeness (QED) is 0.683. The van der Waals surface area contributed by atoms with Crippen LogP contribution < -0.4 is 0 Å². The van der Waals surface area contributed by atoms with Gasteiger partial charge in [0.05, 0.1) is 14.8 Å². The fourth-order valence-corrected chi connectivity index (χ4v) is 3.26. The number of aryl methyl sites for hydroxylation is 1. The zero-order chi connectivity index (χ0) is 13.6. The van der Waals surface area contributed by atoms with Gasteiger partial charge in [-0.3, -0.25) is 4.68 Å². The molecule has 2 heterocycles. The van der Waals surface area contributed by atoms with Crippen molar-refractivity contribution in [1.29, 1.82) is 0 Å². The third kappa shape index (κ3) is 2.26. The highest BCUT2D eigenvalue weighted by Gasteiger charge is 2.30. The summed E-state index contributed by atoms with van der Waals surface area (Å²) in [7, 11) is 0. The predicted octanol–water partition coefficient (Wildman–Crippen LogP) is 4.12. The molecule has 100 valence electrons. The molecule has 0 unspecified atom stereocenters. The number of alkyl halides is 3. The number of hydrogen-bond acceptors (Lipinski definition) is 1. The van der Waals surface area contributed by atoms with Crippen LogP contribution in [0.25, 0.3) is 11.3 Å². The van der Waals surface area contributed by atoms with Crippen molar-refractivity contribution in [2.75, 3.05) is 0 Å². The lowest BCUT2D eigenvalue weighted by molar-refractivity contribution is -0.137. The van der Waals surface area contributed by atoms with Crippen LogP contribution in [0.3, 0.4) is 0 Å². The van der Waals surface area contributed by atoms with Crippen molar-refractivity contribution in [3.8, 4) is 11.3 Å². The van der Waals surface area contributed by atoms with Crippen LogP contribution >= 0.6 is 22.6 Å². The third-order valence-electron chi connectivity index (χ3n) is 3.26. The molecule has 1 aromatic heterocycles. The Bertz CT molecular complexity index is 614. The molecule has 2 nitrogen and oxygen atoms in total. The van der Waals surface area contributed by atoms with Crippen molar-refractivity contribution in [2.24, 2.45) is 0 Å². The summed E-state index contributed by atoms with van der Waals surface area (Å²) in [6.07, 6.45) is -2.21. The fourth-order valence-electron chi connectivity index (χ4n) is 2.30. The number of halogens is 4. The second-order valence-corrected chi connectivity index (χ2v) is 5.59. The van der Waals surface area contributed by atoms with Gasteiger partial charge in [-0.1, -0.05) is 12.1 Å². The van der Waals surface area contributed by atoms with E-state index in [1.165, 1.54) is 17.8 Å². The zero-order valence-electron chi connectivity index (χ0n) is 9.84. The Labute approximate surface area is 121 Å². The summed E-state index contributed by atoms with van der Waals surface area (Å²) in [5.41, 5.74) is 2.08. The van der Waals surface area contributed by atoms with Crippen molar-refractivity contribution >= 4 is 22.6 Å². The predicted molar refractivity (Wildman–Crippen MR) is 73.7 cm³/mol. The van der Waals surface area contributed by atoms with Gasteiger partial charge in [-0.25, -0.2) is 0 Å². The lowest BCUT2D eigenvalue weighted by Crippen LogP contribution is -2.04. The van der Waals surface area contributed by atoms with Gasteiger partial charge in [0.25, 0.3) is 0 Å². The molecule has 0 saturated carbocycles. The number of fused-ring (bicyclic) bond motifs is 1. The lowest BCUT2D eigenvalue weighted by atomic mass is 10.1. The molecule has 1 aliphatic heterocycles. The first kappa shape index (κ1) is 13.0. The summed E-state index contributed by atoms with van der Waals surface area (Å²) in [6.45, 7) is 0.895. The standard InChI is InChI=1S/C13H10F3IN2/c14-13(15,16)9-5-3-8(4-6-9)12-11(17)10-2-1-7-19(10)18-12/h3-6H,1-2,7H2. The SMILES string of the molecule is FC(F)(F)c1ccc(-c2nn3c(c2I)CCC3)cc1. The van der Waals surface area contributed by atoms with Crippen LogP contribution in [0.5, 0.6) is 0 Å². The van der Waals surface area contributed by atoms with E-state index in [2.05, 4.69) is 27.7 Å². The molecule has 1 aromatic carbocycles. The van der Waals surface area contributed by atoms with E-state index in [4.69, 9.17) is 0 Å². The van der Waals surface area contributed by atoms with E-state index >= 15 is 0 Å². The molecule has 0 bridgehead atoms. The van der Waals surface area contributed by atoms with Gasteiger partial charge in [-0.2, -0.15) is 18.3 Å². The van der Waals surface area contributed by atoms with Crippen molar-refractivity contribution in [3.05, 3.63) is 39.1 Å². The van der Waals surface area contributed by atoms with Crippen molar-refractivity contribution in [1.82, 2.24) is 9.78 Å². The summed E-state index contributed by atoms with van der Waals surface area (Å²) in [5.74, 6) is 0. The van der Waals surface area contributed by atoms with E-state index in [-0.39, 0.29) is 0 Å². The zero-order valence-corrected chi connectivity index (χ0v) is 12.0. The summed E-state index contributed by atoms with van der Waals surface area (Å²) in [5, 5.41) is 4.48. The molecule has 3 rings (SSSR count). The molecule has 1 aliphatic rings. The van der Waals surface area contributed by atoms with Gasteiger partial charge in [0.2, 0.25) is 0 Å².